The van der Waals surface area contributed by atoms with E-state index in [-0.39, 0.29) is 6.10 Å². The second-order valence-corrected chi connectivity index (χ2v) is 3.71. The maximum absolute atomic E-state index is 5.69. The summed E-state index contributed by atoms with van der Waals surface area (Å²) in [6.07, 6.45) is 5.18. The molecule has 1 aliphatic rings. The first-order chi connectivity index (χ1) is 6.85. The molecular formula is C10H17N3O. The van der Waals surface area contributed by atoms with Crippen molar-refractivity contribution >= 4 is 0 Å². The van der Waals surface area contributed by atoms with Crippen LogP contribution in [0, 0.1) is 5.92 Å². The smallest absolute Gasteiger partial charge is 0.0896 e. The molecule has 2 unspecified atom stereocenters. The Balaban J connectivity index is 2.13. The van der Waals surface area contributed by atoms with Crippen LogP contribution in [-0.4, -0.2) is 22.9 Å². The molecule has 4 nitrogen and oxygen atoms in total. The van der Waals surface area contributed by atoms with Crippen molar-refractivity contribution in [2.24, 2.45) is 11.7 Å². The van der Waals surface area contributed by atoms with Crippen molar-refractivity contribution in [2.75, 3.05) is 13.2 Å². The summed E-state index contributed by atoms with van der Waals surface area (Å²) in [5, 5.41) is 4.24. The van der Waals surface area contributed by atoms with Gasteiger partial charge in [0.25, 0.3) is 0 Å². The summed E-state index contributed by atoms with van der Waals surface area (Å²) in [7, 11) is 0. The van der Waals surface area contributed by atoms with Crippen LogP contribution in [0.1, 0.15) is 25.0 Å². The Bertz CT molecular complexity index is 297. The third-order valence-corrected chi connectivity index (χ3v) is 2.82. The Labute approximate surface area is 84.0 Å². The lowest BCUT2D eigenvalue weighted by Crippen LogP contribution is -2.17. The normalized spacial score (nSPS) is 27.0. The maximum Gasteiger partial charge on any atom is 0.0896 e. The van der Waals surface area contributed by atoms with E-state index in [1.807, 2.05) is 10.9 Å². The van der Waals surface area contributed by atoms with E-state index in [2.05, 4.69) is 18.2 Å². The van der Waals surface area contributed by atoms with Gasteiger partial charge in [-0.1, -0.05) is 0 Å². The van der Waals surface area contributed by atoms with Crippen LogP contribution in [0.15, 0.2) is 12.4 Å². The zero-order chi connectivity index (χ0) is 9.97. The molecule has 4 heteroatoms. The Morgan fingerprint density at radius 2 is 2.57 bits per heavy atom. The molecule has 2 atom stereocenters. The van der Waals surface area contributed by atoms with Crippen LogP contribution in [-0.2, 0) is 11.3 Å². The predicted octanol–water partition coefficient (Wildman–Crippen LogP) is 0.939. The molecule has 2 rings (SSSR count). The van der Waals surface area contributed by atoms with Gasteiger partial charge in [-0.2, -0.15) is 5.10 Å². The molecule has 1 aromatic rings. The van der Waals surface area contributed by atoms with Gasteiger partial charge in [0.15, 0.2) is 0 Å². The SMILES string of the molecule is CCn1cc(C2OCCC2CN)cn1. The van der Waals surface area contributed by atoms with Crippen LogP contribution in [0.5, 0.6) is 0 Å². The number of rotatable bonds is 3. The van der Waals surface area contributed by atoms with E-state index in [4.69, 9.17) is 10.5 Å². The van der Waals surface area contributed by atoms with Gasteiger partial charge in [0, 0.05) is 30.8 Å². The third-order valence-electron chi connectivity index (χ3n) is 2.82. The van der Waals surface area contributed by atoms with E-state index in [0.29, 0.717) is 12.5 Å². The Morgan fingerprint density at radius 3 is 3.21 bits per heavy atom. The molecular weight excluding hydrogens is 178 g/mol. The Kier molecular flexibility index (Phi) is 2.84. The summed E-state index contributed by atoms with van der Waals surface area (Å²) in [6.45, 7) is 4.50. The van der Waals surface area contributed by atoms with Crippen molar-refractivity contribution in [3.05, 3.63) is 18.0 Å². The first-order valence-corrected chi connectivity index (χ1v) is 5.19. The van der Waals surface area contributed by atoms with Crippen molar-refractivity contribution in [3.63, 3.8) is 0 Å². The van der Waals surface area contributed by atoms with Crippen LogP contribution in [0.2, 0.25) is 0 Å². The summed E-state index contributed by atoms with van der Waals surface area (Å²) in [4.78, 5) is 0. The lowest BCUT2D eigenvalue weighted by molar-refractivity contribution is 0.0924. The lowest BCUT2D eigenvalue weighted by Gasteiger charge is -2.14. The Hall–Kier alpha value is -0.870. The molecule has 1 saturated heterocycles. The van der Waals surface area contributed by atoms with Gasteiger partial charge in [0.05, 0.1) is 12.3 Å². The number of aromatic nitrogens is 2. The first-order valence-electron chi connectivity index (χ1n) is 5.19. The van der Waals surface area contributed by atoms with E-state index >= 15 is 0 Å². The van der Waals surface area contributed by atoms with E-state index in [9.17, 15) is 0 Å². The summed E-state index contributed by atoms with van der Waals surface area (Å²) < 4.78 is 7.59. The second kappa shape index (κ2) is 4.11. The minimum Gasteiger partial charge on any atom is -0.373 e. The minimum atomic E-state index is 0.167. The highest BCUT2D eigenvalue weighted by atomic mass is 16.5. The number of hydrogen-bond donors (Lipinski definition) is 1. The highest BCUT2D eigenvalue weighted by Crippen LogP contribution is 2.33. The van der Waals surface area contributed by atoms with Gasteiger partial charge in [0.2, 0.25) is 0 Å². The van der Waals surface area contributed by atoms with Gasteiger partial charge >= 0.3 is 0 Å². The van der Waals surface area contributed by atoms with Crippen LogP contribution >= 0.6 is 0 Å². The van der Waals surface area contributed by atoms with Crippen molar-refractivity contribution in [1.29, 1.82) is 0 Å². The molecule has 14 heavy (non-hydrogen) atoms. The van der Waals surface area contributed by atoms with Gasteiger partial charge in [-0.15, -0.1) is 0 Å². The quantitative estimate of drug-likeness (QED) is 0.781. The fourth-order valence-electron chi connectivity index (χ4n) is 1.94. The number of aryl methyl sites for hydroxylation is 1. The fraction of sp³-hybridized carbons (Fsp3) is 0.700. The van der Waals surface area contributed by atoms with Crippen molar-refractivity contribution in [3.8, 4) is 0 Å². The van der Waals surface area contributed by atoms with Crippen LogP contribution < -0.4 is 5.73 Å². The summed E-state index contributed by atoms with van der Waals surface area (Å²) >= 11 is 0. The van der Waals surface area contributed by atoms with Crippen LogP contribution in [0.4, 0.5) is 0 Å². The molecule has 0 radical (unpaired) electrons. The van der Waals surface area contributed by atoms with E-state index < -0.39 is 0 Å². The molecule has 0 aliphatic carbocycles. The molecule has 0 saturated carbocycles. The van der Waals surface area contributed by atoms with Gasteiger partial charge in [-0.3, -0.25) is 4.68 Å². The number of nitrogens with zero attached hydrogens (tertiary/aromatic N) is 2. The number of nitrogens with two attached hydrogens (primary N) is 1. The Morgan fingerprint density at radius 1 is 1.71 bits per heavy atom. The van der Waals surface area contributed by atoms with E-state index in [1.165, 1.54) is 5.56 Å². The van der Waals surface area contributed by atoms with E-state index in [1.54, 1.807) is 0 Å². The molecule has 2 N–H and O–H groups in total. The zero-order valence-electron chi connectivity index (χ0n) is 8.52. The fourth-order valence-corrected chi connectivity index (χ4v) is 1.94. The predicted molar refractivity (Wildman–Crippen MR) is 53.8 cm³/mol. The van der Waals surface area contributed by atoms with Crippen LogP contribution in [0.25, 0.3) is 0 Å². The van der Waals surface area contributed by atoms with Crippen molar-refractivity contribution in [2.45, 2.75) is 26.0 Å². The highest BCUT2D eigenvalue weighted by molar-refractivity contribution is 5.11. The third kappa shape index (κ3) is 1.67. The lowest BCUT2D eigenvalue weighted by atomic mass is 9.98. The second-order valence-electron chi connectivity index (χ2n) is 3.71. The first kappa shape index (κ1) is 9.68. The largest absolute Gasteiger partial charge is 0.373 e. The van der Waals surface area contributed by atoms with Gasteiger partial charge in [-0.05, 0) is 19.9 Å². The topological polar surface area (TPSA) is 53.1 Å². The summed E-state index contributed by atoms with van der Waals surface area (Å²) in [5.74, 6) is 0.463. The highest BCUT2D eigenvalue weighted by Gasteiger charge is 2.29. The van der Waals surface area contributed by atoms with Gasteiger partial charge in [-0.25, -0.2) is 0 Å². The molecule has 0 aromatic carbocycles. The molecule has 1 aliphatic heterocycles. The van der Waals surface area contributed by atoms with Gasteiger partial charge < -0.3 is 10.5 Å². The monoisotopic (exact) mass is 195 g/mol. The molecule has 1 aromatic heterocycles. The summed E-state index contributed by atoms with van der Waals surface area (Å²) in [5.41, 5.74) is 6.86. The molecule has 0 amide bonds. The molecule has 2 heterocycles. The average molecular weight is 195 g/mol. The summed E-state index contributed by atoms with van der Waals surface area (Å²) in [6, 6.07) is 0. The number of ether oxygens (including phenoxy) is 1. The minimum absolute atomic E-state index is 0.167. The maximum atomic E-state index is 5.69. The average Bonchev–Trinajstić information content (AvgIpc) is 2.85. The van der Waals surface area contributed by atoms with Crippen molar-refractivity contribution < 1.29 is 4.74 Å². The van der Waals surface area contributed by atoms with Gasteiger partial charge in [0.1, 0.15) is 0 Å². The molecule has 0 bridgehead atoms. The molecule has 78 valence electrons. The standard InChI is InChI=1S/C10H17N3O/c1-2-13-7-9(6-12-13)10-8(5-11)3-4-14-10/h6-8,10H,2-5,11H2,1H3. The molecule has 1 fully saturated rings. The van der Waals surface area contributed by atoms with Crippen LogP contribution in [0.3, 0.4) is 0 Å². The van der Waals surface area contributed by atoms with Crippen molar-refractivity contribution in [1.82, 2.24) is 9.78 Å². The zero-order valence-corrected chi connectivity index (χ0v) is 8.52. The molecule has 0 spiro atoms. The number of hydrogen-bond acceptors (Lipinski definition) is 3. The van der Waals surface area contributed by atoms with E-state index in [0.717, 1.165) is 19.6 Å².